The number of carbonyl (C=O) groups excluding carboxylic acids is 3. The monoisotopic (exact) mass is 403 g/mol. The standard InChI is InChI=1S/C20H18ClNO6/c1-4-26-20(25)18-11(3)22-10(2)17(18)14(23)9-27-19(24)16-8-12-7-13(21)5-6-15(12)28-16/h5-8,22H,4,9H2,1-3H3. The summed E-state index contributed by atoms with van der Waals surface area (Å²) in [4.78, 5) is 40.0. The molecule has 8 heteroatoms. The zero-order valence-corrected chi connectivity index (χ0v) is 16.3. The summed E-state index contributed by atoms with van der Waals surface area (Å²) in [5.74, 6) is -1.95. The molecule has 146 valence electrons. The second-order valence-corrected chi connectivity index (χ2v) is 6.57. The Kier molecular flexibility index (Phi) is 5.56. The molecule has 7 nitrogen and oxygen atoms in total. The van der Waals surface area contributed by atoms with E-state index in [-0.39, 0.29) is 23.5 Å². The molecule has 1 aromatic carbocycles. The van der Waals surface area contributed by atoms with E-state index in [2.05, 4.69) is 4.98 Å². The molecule has 0 amide bonds. The highest BCUT2D eigenvalue weighted by Gasteiger charge is 2.26. The highest BCUT2D eigenvalue weighted by molar-refractivity contribution is 6.31. The average Bonchev–Trinajstić information content (AvgIpc) is 3.19. The van der Waals surface area contributed by atoms with Crippen LogP contribution in [0.15, 0.2) is 28.7 Å². The van der Waals surface area contributed by atoms with Crippen LogP contribution in [-0.4, -0.2) is 35.9 Å². The highest BCUT2D eigenvalue weighted by atomic mass is 35.5. The molecule has 28 heavy (non-hydrogen) atoms. The van der Waals surface area contributed by atoms with Gasteiger partial charge in [-0.1, -0.05) is 11.6 Å². The molecule has 1 N–H and O–H groups in total. The second kappa shape index (κ2) is 7.90. The Morgan fingerprint density at radius 3 is 2.46 bits per heavy atom. The number of ketones is 1. The van der Waals surface area contributed by atoms with E-state index < -0.39 is 24.3 Å². The predicted octanol–water partition coefficient (Wildman–Crippen LogP) is 4.25. The largest absolute Gasteiger partial charge is 0.462 e. The topological polar surface area (TPSA) is 98.6 Å². The molecular formula is C20H18ClNO6. The number of rotatable bonds is 6. The molecule has 0 radical (unpaired) electrons. The minimum atomic E-state index is -0.789. The van der Waals surface area contributed by atoms with Gasteiger partial charge in [-0.2, -0.15) is 0 Å². The average molecular weight is 404 g/mol. The molecule has 2 heterocycles. The molecule has 0 aliphatic rings. The lowest BCUT2D eigenvalue weighted by atomic mass is 10.1. The number of aromatic amines is 1. The van der Waals surface area contributed by atoms with Gasteiger partial charge in [0.15, 0.2) is 6.61 Å². The van der Waals surface area contributed by atoms with Crippen molar-refractivity contribution < 1.29 is 28.3 Å². The summed E-state index contributed by atoms with van der Waals surface area (Å²) in [6.07, 6.45) is 0. The van der Waals surface area contributed by atoms with Gasteiger partial charge in [-0.25, -0.2) is 9.59 Å². The smallest absolute Gasteiger partial charge is 0.374 e. The van der Waals surface area contributed by atoms with Gasteiger partial charge in [-0.05, 0) is 45.0 Å². The first kappa shape index (κ1) is 19.7. The number of carbonyl (C=O) groups is 3. The van der Waals surface area contributed by atoms with E-state index in [0.717, 1.165) is 0 Å². The van der Waals surface area contributed by atoms with Gasteiger partial charge < -0.3 is 18.9 Å². The van der Waals surface area contributed by atoms with Crippen LogP contribution in [0.5, 0.6) is 0 Å². The lowest BCUT2D eigenvalue weighted by Gasteiger charge is -2.06. The maximum Gasteiger partial charge on any atom is 0.374 e. The summed E-state index contributed by atoms with van der Waals surface area (Å²) in [6, 6.07) is 6.42. The van der Waals surface area contributed by atoms with E-state index >= 15 is 0 Å². The van der Waals surface area contributed by atoms with Crippen LogP contribution >= 0.6 is 11.6 Å². The molecular weight excluding hydrogens is 386 g/mol. The van der Waals surface area contributed by atoms with Crippen molar-refractivity contribution >= 4 is 40.3 Å². The quantitative estimate of drug-likeness (QED) is 0.488. The van der Waals surface area contributed by atoms with Crippen molar-refractivity contribution in [2.24, 2.45) is 0 Å². The predicted molar refractivity (Wildman–Crippen MR) is 102 cm³/mol. The molecule has 0 fully saturated rings. The molecule has 3 aromatic rings. The van der Waals surface area contributed by atoms with Crippen molar-refractivity contribution in [2.45, 2.75) is 20.8 Å². The molecule has 0 bridgehead atoms. The third-order valence-electron chi connectivity index (χ3n) is 4.15. The Hall–Kier alpha value is -3.06. The number of hydrogen-bond donors (Lipinski definition) is 1. The molecule has 0 saturated carbocycles. The van der Waals surface area contributed by atoms with E-state index in [9.17, 15) is 14.4 Å². The van der Waals surface area contributed by atoms with Gasteiger partial charge >= 0.3 is 11.9 Å². The number of fused-ring (bicyclic) bond motifs is 1. The first-order valence-electron chi connectivity index (χ1n) is 8.57. The zero-order valence-electron chi connectivity index (χ0n) is 15.6. The number of nitrogens with one attached hydrogen (secondary N) is 1. The molecule has 2 aromatic heterocycles. The second-order valence-electron chi connectivity index (χ2n) is 6.14. The van der Waals surface area contributed by atoms with Gasteiger partial charge in [0.1, 0.15) is 5.58 Å². The minimum Gasteiger partial charge on any atom is -0.462 e. The van der Waals surface area contributed by atoms with Crippen LogP contribution in [0.1, 0.15) is 49.6 Å². The highest BCUT2D eigenvalue weighted by Crippen LogP contribution is 2.24. The number of H-pyrrole nitrogens is 1. The van der Waals surface area contributed by atoms with Crippen LogP contribution in [0, 0.1) is 13.8 Å². The van der Waals surface area contributed by atoms with Gasteiger partial charge in [0.25, 0.3) is 0 Å². The summed E-state index contributed by atoms with van der Waals surface area (Å²) in [7, 11) is 0. The number of ether oxygens (including phenoxy) is 2. The van der Waals surface area contributed by atoms with Crippen LogP contribution in [0.3, 0.4) is 0 Å². The van der Waals surface area contributed by atoms with Crippen molar-refractivity contribution in [3.05, 3.63) is 57.6 Å². The Morgan fingerprint density at radius 1 is 1.04 bits per heavy atom. The molecule has 0 aliphatic heterocycles. The lowest BCUT2D eigenvalue weighted by Crippen LogP contribution is -2.18. The third kappa shape index (κ3) is 3.80. The number of benzene rings is 1. The number of esters is 2. The van der Waals surface area contributed by atoms with Crippen molar-refractivity contribution in [3.63, 3.8) is 0 Å². The molecule has 3 rings (SSSR count). The summed E-state index contributed by atoms with van der Waals surface area (Å²) in [6.45, 7) is 4.65. The maximum atomic E-state index is 12.6. The normalized spacial score (nSPS) is 10.9. The van der Waals surface area contributed by atoms with Gasteiger partial charge in [-0.15, -0.1) is 0 Å². The van der Waals surface area contributed by atoms with E-state index in [1.807, 2.05) is 0 Å². The third-order valence-corrected chi connectivity index (χ3v) is 4.38. The number of Topliss-reactive ketones (excluding diaryl/α,β-unsaturated/α-hetero) is 1. The molecule has 0 saturated heterocycles. The van der Waals surface area contributed by atoms with E-state index in [0.29, 0.717) is 27.4 Å². The van der Waals surface area contributed by atoms with E-state index in [4.69, 9.17) is 25.5 Å². The number of aromatic nitrogens is 1. The van der Waals surface area contributed by atoms with Crippen LogP contribution < -0.4 is 0 Å². The fraction of sp³-hybridized carbons (Fsp3) is 0.250. The minimum absolute atomic E-state index is 0.0438. The zero-order chi connectivity index (χ0) is 20.4. The summed E-state index contributed by atoms with van der Waals surface area (Å²) >= 11 is 5.91. The van der Waals surface area contributed by atoms with Crippen molar-refractivity contribution in [2.75, 3.05) is 13.2 Å². The summed E-state index contributed by atoms with van der Waals surface area (Å²) in [5.41, 5.74) is 1.79. The fourth-order valence-electron chi connectivity index (χ4n) is 2.98. The first-order valence-corrected chi connectivity index (χ1v) is 8.95. The van der Waals surface area contributed by atoms with Gasteiger partial charge in [-0.3, -0.25) is 4.79 Å². The molecule has 0 spiro atoms. The maximum absolute atomic E-state index is 12.6. The van der Waals surface area contributed by atoms with Crippen LogP contribution in [0.2, 0.25) is 5.02 Å². The van der Waals surface area contributed by atoms with Crippen LogP contribution in [-0.2, 0) is 9.47 Å². The Morgan fingerprint density at radius 2 is 1.75 bits per heavy atom. The number of hydrogen-bond acceptors (Lipinski definition) is 6. The summed E-state index contributed by atoms with van der Waals surface area (Å²) < 4.78 is 15.5. The van der Waals surface area contributed by atoms with Gasteiger partial charge in [0.05, 0.1) is 17.7 Å². The van der Waals surface area contributed by atoms with Gasteiger partial charge in [0.2, 0.25) is 11.5 Å². The Bertz CT molecular complexity index is 1080. The number of furan rings is 1. The number of halogens is 1. The van der Waals surface area contributed by atoms with E-state index in [1.54, 1.807) is 39.0 Å². The van der Waals surface area contributed by atoms with E-state index in [1.165, 1.54) is 6.07 Å². The number of aryl methyl sites for hydroxylation is 2. The van der Waals surface area contributed by atoms with Crippen molar-refractivity contribution in [1.29, 1.82) is 0 Å². The first-order chi connectivity index (χ1) is 13.3. The molecule has 0 aliphatic carbocycles. The van der Waals surface area contributed by atoms with Gasteiger partial charge in [0, 0.05) is 21.8 Å². The molecule has 0 atom stereocenters. The SMILES string of the molecule is CCOC(=O)c1c(C)[nH]c(C)c1C(=O)COC(=O)c1cc2cc(Cl)ccc2o1. The fourth-order valence-corrected chi connectivity index (χ4v) is 3.16. The Balaban J connectivity index is 1.76. The van der Waals surface area contributed by atoms with Crippen LogP contribution in [0.25, 0.3) is 11.0 Å². The van der Waals surface area contributed by atoms with Crippen LogP contribution in [0.4, 0.5) is 0 Å². The van der Waals surface area contributed by atoms with Crippen molar-refractivity contribution in [1.82, 2.24) is 4.98 Å². The van der Waals surface area contributed by atoms with Crippen molar-refractivity contribution in [3.8, 4) is 0 Å². The lowest BCUT2D eigenvalue weighted by molar-refractivity contribution is 0.0444. The molecule has 0 unspecified atom stereocenters. The summed E-state index contributed by atoms with van der Waals surface area (Å²) in [5, 5.41) is 1.15. The Labute approximate surface area is 165 Å².